The lowest BCUT2D eigenvalue weighted by Gasteiger charge is -2.44. The van der Waals surface area contributed by atoms with Crippen LogP contribution in [0.3, 0.4) is 0 Å². The second-order valence-electron chi connectivity index (χ2n) is 10.4. The number of anilines is 1. The molecule has 0 unspecified atom stereocenters. The average molecular weight is 603 g/mol. The van der Waals surface area contributed by atoms with Crippen LogP contribution in [-0.2, 0) is 23.9 Å². The Morgan fingerprint density at radius 3 is 2.27 bits per heavy atom. The van der Waals surface area contributed by atoms with Crippen molar-refractivity contribution >= 4 is 23.4 Å². The standard InChI is InChI=1S/C34H32F2N2O6/c1-4-43-33(40)28-25(20-8-6-11-24(16-20)42-3)18-26-29(31(28)39)27(19-12-14-21(35)15-13-19)30(34(41)44-5-2)32(37)38(26)23-10-7-9-22(36)17-23/h6-17,25,27-28H,4-5,18,37H2,1-3H3/t25-,27+,28+/m1/s1. The number of Topliss-reactive ketones (excluding diaryl/α,β-unsaturated/α-hetero) is 1. The number of nitrogens with two attached hydrogens (primary N) is 1. The molecule has 0 saturated carbocycles. The fourth-order valence-electron chi connectivity index (χ4n) is 6.02. The molecule has 2 aliphatic rings. The summed E-state index contributed by atoms with van der Waals surface area (Å²) in [4.78, 5) is 43.4. The van der Waals surface area contributed by atoms with Crippen molar-refractivity contribution in [1.82, 2.24) is 0 Å². The van der Waals surface area contributed by atoms with Crippen molar-refractivity contribution in [3.05, 3.63) is 118 Å². The van der Waals surface area contributed by atoms with Gasteiger partial charge in [-0.15, -0.1) is 0 Å². The number of halogens is 2. The minimum absolute atomic E-state index is 0.00886. The maximum Gasteiger partial charge on any atom is 0.338 e. The molecule has 1 heterocycles. The Hall–Kier alpha value is -4.99. The molecule has 0 spiro atoms. The quantitative estimate of drug-likeness (QED) is 0.266. The number of hydrogen-bond donors (Lipinski definition) is 1. The van der Waals surface area contributed by atoms with Gasteiger partial charge in [-0.05, 0) is 73.9 Å². The highest BCUT2D eigenvalue weighted by atomic mass is 19.1. The number of esters is 2. The molecule has 8 nitrogen and oxygen atoms in total. The Kier molecular flexibility index (Phi) is 8.80. The van der Waals surface area contributed by atoms with Crippen LogP contribution in [0.15, 0.2) is 95.5 Å². The number of benzene rings is 3. The Balaban J connectivity index is 1.82. The van der Waals surface area contributed by atoms with Crippen molar-refractivity contribution in [3.8, 4) is 5.75 Å². The predicted molar refractivity (Wildman–Crippen MR) is 158 cm³/mol. The molecular formula is C34H32F2N2O6. The summed E-state index contributed by atoms with van der Waals surface area (Å²) >= 11 is 0. The lowest BCUT2D eigenvalue weighted by molar-refractivity contribution is -0.152. The van der Waals surface area contributed by atoms with E-state index >= 15 is 0 Å². The zero-order valence-electron chi connectivity index (χ0n) is 24.5. The molecule has 228 valence electrons. The number of carbonyl (C=O) groups excluding carboxylic acids is 3. The van der Waals surface area contributed by atoms with Gasteiger partial charge in [-0.1, -0.05) is 30.3 Å². The molecular weight excluding hydrogens is 570 g/mol. The van der Waals surface area contributed by atoms with Crippen molar-refractivity contribution in [2.75, 3.05) is 25.2 Å². The smallest absolute Gasteiger partial charge is 0.338 e. The lowest BCUT2D eigenvalue weighted by atomic mass is 9.67. The Morgan fingerprint density at radius 2 is 1.61 bits per heavy atom. The van der Waals surface area contributed by atoms with E-state index in [4.69, 9.17) is 19.9 Å². The van der Waals surface area contributed by atoms with Crippen LogP contribution in [0.4, 0.5) is 14.5 Å². The summed E-state index contributed by atoms with van der Waals surface area (Å²) in [7, 11) is 1.51. The van der Waals surface area contributed by atoms with Gasteiger partial charge in [0.25, 0.3) is 0 Å². The summed E-state index contributed by atoms with van der Waals surface area (Å²) in [6.07, 6.45) is 0.0860. The molecule has 10 heteroatoms. The molecule has 0 radical (unpaired) electrons. The molecule has 3 aromatic rings. The lowest BCUT2D eigenvalue weighted by Crippen LogP contribution is -2.46. The highest BCUT2D eigenvalue weighted by Gasteiger charge is 2.51. The summed E-state index contributed by atoms with van der Waals surface area (Å²) in [6, 6.07) is 17.9. The topological polar surface area (TPSA) is 108 Å². The van der Waals surface area contributed by atoms with E-state index in [1.54, 1.807) is 44.2 Å². The Bertz CT molecular complexity index is 1670. The molecule has 0 aromatic heterocycles. The molecule has 44 heavy (non-hydrogen) atoms. The SMILES string of the molecule is CCOC(=O)C1=C(N)N(c2cccc(F)c2)C2=C(C(=O)[C@@H](C(=O)OCC)[C@@H](c3cccc(OC)c3)C2)[C@@H]1c1ccc(F)cc1. The van der Waals surface area contributed by atoms with Crippen molar-refractivity contribution in [2.45, 2.75) is 32.1 Å². The van der Waals surface area contributed by atoms with Gasteiger partial charge in [0.15, 0.2) is 5.78 Å². The first kappa shape index (κ1) is 30.5. The first-order valence-corrected chi connectivity index (χ1v) is 14.3. The molecule has 0 fully saturated rings. The molecule has 2 N–H and O–H groups in total. The number of ether oxygens (including phenoxy) is 3. The molecule has 0 amide bonds. The third kappa shape index (κ3) is 5.55. The largest absolute Gasteiger partial charge is 0.497 e. The maximum atomic E-state index is 14.8. The Labute approximate surface area is 253 Å². The predicted octanol–water partition coefficient (Wildman–Crippen LogP) is 5.50. The number of methoxy groups -OCH3 is 1. The molecule has 0 saturated heterocycles. The van der Waals surface area contributed by atoms with Gasteiger partial charge < -0.3 is 19.9 Å². The van der Waals surface area contributed by atoms with Crippen LogP contribution in [-0.4, -0.2) is 38.0 Å². The van der Waals surface area contributed by atoms with E-state index in [2.05, 4.69) is 0 Å². The van der Waals surface area contributed by atoms with Crippen LogP contribution in [0.25, 0.3) is 0 Å². The number of ketones is 1. The van der Waals surface area contributed by atoms with Gasteiger partial charge in [0.2, 0.25) is 0 Å². The van der Waals surface area contributed by atoms with E-state index in [1.165, 1.54) is 54.5 Å². The molecule has 3 aromatic carbocycles. The van der Waals surface area contributed by atoms with Crippen molar-refractivity contribution in [1.29, 1.82) is 0 Å². The van der Waals surface area contributed by atoms with Gasteiger partial charge in [-0.2, -0.15) is 0 Å². The van der Waals surface area contributed by atoms with Gasteiger partial charge in [-0.25, -0.2) is 13.6 Å². The van der Waals surface area contributed by atoms with Gasteiger partial charge in [0.05, 0.1) is 37.5 Å². The molecule has 3 atom stereocenters. The van der Waals surface area contributed by atoms with E-state index < -0.39 is 47.1 Å². The van der Waals surface area contributed by atoms with E-state index in [1.807, 2.05) is 0 Å². The average Bonchev–Trinajstić information content (AvgIpc) is 3.01. The normalized spacial score (nSPS) is 19.9. The number of hydrogen-bond acceptors (Lipinski definition) is 8. The summed E-state index contributed by atoms with van der Waals surface area (Å²) in [5, 5.41) is 0. The first-order chi connectivity index (χ1) is 21.2. The number of carbonyl (C=O) groups is 3. The molecule has 5 rings (SSSR count). The van der Waals surface area contributed by atoms with E-state index in [0.29, 0.717) is 22.6 Å². The fourth-order valence-corrected chi connectivity index (χ4v) is 6.02. The Morgan fingerprint density at radius 1 is 0.909 bits per heavy atom. The molecule has 0 bridgehead atoms. The second-order valence-corrected chi connectivity index (χ2v) is 10.4. The summed E-state index contributed by atoms with van der Waals surface area (Å²) in [6.45, 7) is 3.32. The number of nitrogens with zero attached hydrogens (tertiary/aromatic N) is 1. The van der Waals surface area contributed by atoms with Gasteiger partial charge in [0.1, 0.15) is 29.1 Å². The van der Waals surface area contributed by atoms with Crippen LogP contribution in [0.5, 0.6) is 5.75 Å². The zero-order chi connectivity index (χ0) is 31.5. The molecule has 1 aliphatic carbocycles. The number of allylic oxidation sites excluding steroid dienone is 2. The number of rotatable bonds is 8. The monoisotopic (exact) mass is 602 g/mol. The minimum atomic E-state index is -1.29. The second kappa shape index (κ2) is 12.7. The first-order valence-electron chi connectivity index (χ1n) is 14.3. The van der Waals surface area contributed by atoms with Crippen molar-refractivity contribution in [2.24, 2.45) is 11.7 Å². The summed E-state index contributed by atoms with van der Waals surface area (Å²) < 4.78 is 44.9. The fraction of sp³-hybridized carbons (Fsp3) is 0.265. The summed E-state index contributed by atoms with van der Waals surface area (Å²) in [5.41, 5.74) is 8.44. The molecule has 1 aliphatic heterocycles. The van der Waals surface area contributed by atoms with Crippen molar-refractivity contribution < 1.29 is 37.4 Å². The maximum absolute atomic E-state index is 14.8. The van der Waals surface area contributed by atoms with Crippen LogP contribution in [0.2, 0.25) is 0 Å². The highest BCUT2D eigenvalue weighted by molar-refractivity contribution is 6.14. The van der Waals surface area contributed by atoms with Gasteiger partial charge in [0, 0.05) is 17.2 Å². The minimum Gasteiger partial charge on any atom is -0.497 e. The summed E-state index contributed by atoms with van der Waals surface area (Å²) in [5.74, 6) is -5.88. The van der Waals surface area contributed by atoms with E-state index in [0.717, 1.165) is 0 Å². The van der Waals surface area contributed by atoms with Gasteiger partial charge in [-0.3, -0.25) is 14.5 Å². The van der Waals surface area contributed by atoms with Crippen LogP contribution >= 0.6 is 0 Å². The third-order valence-electron chi connectivity index (χ3n) is 7.87. The zero-order valence-corrected chi connectivity index (χ0v) is 24.5. The van der Waals surface area contributed by atoms with E-state index in [-0.39, 0.29) is 42.3 Å². The van der Waals surface area contributed by atoms with Crippen LogP contribution in [0.1, 0.15) is 43.2 Å². The van der Waals surface area contributed by atoms with Gasteiger partial charge >= 0.3 is 11.9 Å². The van der Waals surface area contributed by atoms with Crippen LogP contribution in [0, 0.1) is 17.6 Å². The van der Waals surface area contributed by atoms with E-state index in [9.17, 15) is 23.2 Å². The third-order valence-corrected chi connectivity index (χ3v) is 7.87. The van der Waals surface area contributed by atoms with Crippen LogP contribution < -0.4 is 15.4 Å². The highest BCUT2D eigenvalue weighted by Crippen LogP contribution is 2.51. The van der Waals surface area contributed by atoms with Crippen molar-refractivity contribution in [3.63, 3.8) is 0 Å².